The summed E-state index contributed by atoms with van der Waals surface area (Å²) in [5, 5.41) is 10.7. The molecule has 17 heavy (non-hydrogen) atoms. The number of hydrogen-bond donors (Lipinski definition) is 2. The normalized spacial score (nSPS) is 29.1. The summed E-state index contributed by atoms with van der Waals surface area (Å²) in [5.74, 6) is 0. The summed E-state index contributed by atoms with van der Waals surface area (Å²) >= 11 is 0. The van der Waals surface area contributed by atoms with Crippen LogP contribution in [-0.4, -0.2) is 34.5 Å². The molecular weight excluding hydrogens is 229 g/mol. The van der Waals surface area contributed by atoms with Gasteiger partial charge in [-0.25, -0.2) is 4.79 Å². The molecule has 0 saturated heterocycles. The Bertz CT molecular complexity index is 326. The highest BCUT2D eigenvalue weighted by Crippen LogP contribution is 2.36. The lowest BCUT2D eigenvalue weighted by Crippen LogP contribution is -2.59. The first-order valence-electron chi connectivity index (χ1n) is 5.56. The van der Waals surface area contributed by atoms with E-state index in [1.165, 1.54) is 0 Å². The van der Waals surface area contributed by atoms with Crippen molar-refractivity contribution < 1.29 is 23.8 Å². The van der Waals surface area contributed by atoms with Crippen molar-refractivity contribution in [3.8, 4) is 0 Å². The first kappa shape index (κ1) is 13.9. The van der Waals surface area contributed by atoms with Gasteiger partial charge in [0.25, 0.3) is 0 Å². The van der Waals surface area contributed by atoms with Crippen molar-refractivity contribution in [3.05, 3.63) is 0 Å². The second-order valence-corrected chi connectivity index (χ2v) is 5.29. The average molecular weight is 247 g/mol. The number of halogens is 1. The molecule has 98 valence electrons. The third kappa shape index (κ3) is 3.15. The van der Waals surface area contributed by atoms with Crippen LogP contribution in [0.25, 0.3) is 0 Å². The molecule has 0 aromatic heterocycles. The van der Waals surface area contributed by atoms with E-state index in [1.807, 2.05) is 5.32 Å². The van der Waals surface area contributed by atoms with Crippen molar-refractivity contribution in [3.63, 3.8) is 0 Å². The zero-order valence-corrected chi connectivity index (χ0v) is 10.2. The molecular formula is C11H18FNO4. The fourth-order valence-corrected chi connectivity index (χ4v) is 2.17. The van der Waals surface area contributed by atoms with E-state index in [-0.39, 0.29) is 6.42 Å². The zero-order chi connectivity index (χ0) is 13.3. The SMILES string of the molecule is CC(C)(C)O[C@@H]1CCC[C@]1(NC(=O)O)C(=O)F. The van der Waals surface area contributed by atoms with Gasteiger partial charge in [0, 0.05) is 0 Å². The lowest BCUT2D eigenvalue weighted by atomic mass is 9.95. The van der Waals surface area contributed by atoms with Crippen LogP contribution in [0.3, 0.4) is 0 Å². The van der Waals surface area contributed by atoms with Gasteiger partial charge in [-0.2, -0.15) is 4.39 Å². The third-order valence-corrected chi connectivity index (χ3v) is 2.76. The largest absolute Gasteiger partial charge is 0.465 e. The number of hydrogen-bond acceptors (Lipinski definition) is 3. The van der Waals surface area contributed by atoms with Gasteiger partial charge < -0.3 is 15.2 Å². The van der Waals surface area contributed by atoms with Gasteiger partial charge in [0.15, 0.2) is 5.54 Å². The van der Waals surface area contributed by atoms with Crippen molar-refractivity contribution >= 4 is 12.1 Å². The van der Waals surface area contributed by atoms with E-state index in [1.54, 1.807) is 20.8 Å². The Labute approximate surface area is 99.3 Å². The molecule has 5 nitrogen and oxygen atoms in total. The number of carbonyl (C=O) groups is 2. The van der Waals surface area contributed by atoms with Crippen LogP contribution in [0, 0.1) is 0 Å². The van der Waals surface area contributed by atoms with Crippen LogP contribution < -0.4 is 5.32 Å². The Morgan fingerprint density at radius 1 is 1.47 bits per heavy atom. The van der Waals surface area contributed by atoms with E-state index >= 15 is 0 Å². The van der Waals surface area contributed by atoms with Gasteiger partial charge in [0.1, 0.15) is 0 Å². The minimum absolute atomic E-state index is 0.134. The van der Waals surface area contributed by atoms with Crippen LogP contribution in [0.1, 0.15) is 40.0 Å². The van der Waals surface area contributed by atoms with E-state index in [2.05, 4.69) is 0 Å². The molecule has 6 heteroatoms. The van der Waals surface area contributed by atoms with Crippen LogP contribution in [0.15, 0.2) is 0 Å². The Kier molecular flexibility index (Phi) is 3.76. The van der Waals surface area contributed by atoms with E-state index in [9.17, 15) is 14.0 Å². The summed E-state index contributed by atoms with van der Waals surface area (Å²) in [4.78, 5) is 21.8. The minimum Gasteiger partial charge on any atom is -0.465 e. The lowest BCUT2D eigenvalue weighted by molar-refractivity contribution is -0.148. The Balaban J connectivity index is 2.94. The molecule has 0 unspecified atom stereocenters. The van der Waals surface area contributed by atoms with Crippen molar-refractivity contribution in [1.82, 2.24) is 5.32 Å². The molecule has 0 aliphatic heterocycles. The van der Waals surface area contributed by atoms with Gasteiger partial charge in [-0.3, -0.25) is 4.79 Å². The topological polar surface area (TPSA) is 75.6 Å². The first-order valence-corrected chi connectivity index (χ1v) is 5.56. The fourth-order valence-electron chi connectivity index (χ4n) is 2.17. The van der Waals surface area contributed by atoms with Crippen LogP contribution >= 0.6 is 0 Å². The number of ether oxygens (including phenoxy) is 1. The highest BCUT2D eigenvalue weighted by molar-refractivity contribution is 5.85. The van der Waals surface area contributed by atoms with Crippen molar-refractivity contribution in [2.45, 2.75) is 57.3 Å². The number of carboxylic acid groups (broad SMARTS) is 1. The van der Waals surface area contributed by atoms with Gasteiger partial charge in [-0.05, 0) is 40.0 Å². The molecule has 0 spiro atoms. The van der Waals surface area contributed by atoms with Crippen molar-refractivity contribution in [2.75, 3.05) is 0 Å². The Morgan fingerprint density at radius 2 is 2.06 bits per heavy atom. The van der Waals surface area contributed by atoms with Crippen LogP contribution in [-0.2, 0) is 9.53 Å². The molecule has 1 aliphatic carbocycles. The first-order chi connectivity index (χ1) is 7.67. The average Bonchev–Trinajstić information content (AvgIpc) is 2.45. The number of carbonyl (C=O) groups excluding carboxylic acids is 1. The smallest absolute Gasteiger partial charge is 0.405 e. The van der Waals surface area contributed by atoms with Gasteiger partial charge in [0.2, 0.25) is 0 Å². The number of amides is 1. The maximum absolute atomic E-state index is 13.2. The second-order valence-electron chi connectivity index (χ2n) is 5.29. The van der Waals surface area contributed by atoms with Gasteiger partial charge in [0.05, 0.1) is 11.7 Å². The second kappa shape index (κ2) is 4.60. The Morgan fingerprint density at radius 3 is 2.47 bits per heavy atom. The molecule has 2 N–H and O–H groups in total. The predicted octanol–water partition coefficient (Wildman–Crippen LogP) is 1.86. The van der Waals surface area contributed by atoms with E-state index in [4.69, 9.17) is 9.84 Å². The molecule has 1 aliphatic rings. The quantitative estimate of drug-likeness (QED) is 0.746. The maximum atomic E-state index is 13.2. The van der Waals surface area contributed by atoms with E-state index in [0.29, 0.717) is 12.8 Å². The molecule has 0 heterocycles. The van der Waals surface area contributed by atoms with Crippen molar-refractivity contribution in [1.29, 1.82) is 0 Å². The maximum Gasteiger partial charge on any atom is 0.405 e. The number of rotatable bonds is 3. The highest BCUT2D eigenvalue weighted by Gasteiger charge is 2.52. The van der Waals surface area contributed by atoms with Gasteiger partial charge >= 0.3 is 12.1 Å². The monoisotopic (exact) mass is 247 g/mol. The van der Waals surface area contributed by atoms with Crippen LogP contribution in [0.5, 0.6) is 0 Å². The Hall–Kier alpha value is -1.17. The van der Waals surface area contributed by atoms with Crippen LogP contribution in [0.2, 0.25) is 0 Å². The summed E-state index contributed by atoms with van der Waals surface area (Å²) in [7, 11) is 0. The minimum atomic E-state index is -1.74. The summed E-state index contributed by atoms with van der Waals surface area (Å²) in [6.07, 6.45) is -1.02. The number of nitrogens with one attached hydrogen (secondary N) is 1. The van der Waals surface area contributed by atoms with Gasteiger partial charge in [-0.15, -0.1) is 0 Å². The highest BCUT2D eigenvalue weighted by atomic mass is 19.1. The van der Waals surface area contributed by atoms with E-state index in [0.717, 1.165) is 0 Å². The zero-order valence-electron chi connectivity index (χ0n) is 10.2. The summed E-state index contributed by atoms with van der Waals surface area (Å²) in [6.45, 7) is 5.33. The molecule has 0 aromatic carbocycles. The van der Waals surface area contributed by atoms with Gasteiger partial charge in [-0.1, -0.05) is 0 Å². The lowest BCUT2D eigenvalue weighted by Gasteiger charge is -2.35. The standard InChI is InChI=1S/C11H18FNO4/c1-10(2,3)17-7-5-4-6-11(7,8(12)14)13-9(15)16/h7,13H,4-6H2,1-3H3,(H,15,16)/t7-,11-/m1/s1. The van der Waals surface area contributed by atoms with E-state index < -0.39 is 29.4 Å². The molecule has 1 saturated carbocycles. The van der Waals surface area contributed by atoms with Crippen molar-refractivity contribution in [2.24, 2.45) is 0 Å². The predicted molar refractivity (Wildman–Crippen MR) is 58.5 cm³/mol. The molecule has 0 radical (unpaired) electrons. The molecule has 1 amide bonds. The molecule has 0 aromatic rings. The molecule has 0 bridgehead atoms. The third-order valence-electron chi connectivity index (χ3n) is 2.76. The molecule has 1 fully saturated rings. The molecule has 1 rings (SSSR count). The van der Waals surface area contributed by atoms with Crippen LogP contribution in [0.4, 0.5) is 9.18 Å². The summed E-state index contributed by atoms with van der Waals surface area (Å²) in [6, 6.07) is -1.67. The summed E-state index contributed by atoms with van der Waals surface area (Å²) < 4.78 is 18.8. The fraction of sp³-hybridized carbons (Fsp3) is 0.818. The summed E-state index contributed by atoms with van der Waals surface area (Å²) in [5.41, 5.74) is -2.30. The molecule has 2 atom stereocenters.